The lowest BCUT2D eigenvalue weighted by Gasteiger charge is -2.21. The van der Waals surface area contributed by atoms with Gasteiger partial charge in [0.05, 0.1) is 7.11 Å². The molecule has 3 N–H and O–H groups in total. The summed E-state index contributed by atoms with van der Waals surface area (Å²) >= 11 is 3.60. The Hall–Kier alpha value is -0.580. The van der Waals surface area contributed by atoms with Crippen molar-refractivity contribution in [2.45, 2.75) is 38.1 Å². The van der Waals surface area contributed by atoms with Crippen LogP contribution in [0.5, 0.6) is 5.75 Å². The number of rotatable bonds is 5. The van der Waals surface area contributed by atoms with Crippen LogP contribution >= 0.6 is 15.9 Å². The summed E-state index contributed by atoms with van der Waals surface area (Å²) in [5.74, 6) is 7.40. The van der Waals surface area contributed by atoms with Gasteiger partial charge in [-0.2, -0.15) is 0 Å². The van der Waals surface area contributed by atoms with Crippen LogP contribution < -0.4 is 16.0 Å². The highest BCUT2D eigenvalue weighted by Gasteiger charge is 2.22. The smallest absolute Gasteiger partial charge is 0.119 e. The third-order valence-electron chi connectivity index (χ3n) is 3.82. The van der Waals surface area contributed by atoms with E-state index in [1.54, 1.807) is 7.11 Å². The number of nitrogens with two attached hydrogens (primary N) is 1. The average Bonchev–Trinajstić information content (AvgIpc) is 2.90. The van der Waals surface area contributed by atoms with Crippen molar-refractivity contribution >= 4 is 15.9 Å². The first-order valence-electron chi connectivity index (χ1n) is 6.54. The highest BCUT2D eigenvalue weighted by molar-refractivity contribution is 9.10. The molecule has 0 saturated heterocycles. The molecule has 0 radical (unpaired) electrons. The van der Waals surface area contributed by atoms with Crippen molar-refractivity contribution in [3.63, 3.8) is 0 Å². The largest absolute Gasteiger partial charge is 0.497 e. The number of hydrogen-bond acceptors (Lipinski definition) is 3. The van der Waals surface area contributed by atoms with Gasteiger partial charge in [-0.05, 0) is 36.1 Å². The molecule has 0 amide bonds. The SMILES string of the molecule is COc1ccc(Br)c(C(CC2CCCC2)NN)c1. The predicted molar refractivity (Wildman–Crippen MR) is 77.3 cm³/mol. The molecule has 1 fully saturated rings. The number of benzene rings is 1. The first-order valence-corrected chi connectivity index (χ1v) is 7.33. The van der Waals surface area contributed by atoms with Crippen molar-refractivity contribution in [3.8, 4) is 5.75 Å². The minimum atomic E-state index is 0.192. The van der Waals surface area contributed by atoms with E-state index < -0.39 is 0 Å². The molecule has 100 valence electrons. The molecule has 1 aromatic rings. The van der Waals surface area contributed by atoms with E-state index in [1.165, 1.54) is 31.2 Å². The van der Waals surface area contributed by atoms with Crippen LogP contribution in [0.25, 0.3) is 0 Å². The van der Waals surface area contributed by atoms with E-state index in [4.69, 9.17) is 10.6 Å². The van der Waals surface area contributed by atoms with Crippen LogP contribution in [0.3, 0.4) is 0 Å². The molecule has 1 atom stereocenters. The molecule has 1 aliphatic carbocycles. The van der Waals surface area contributed by atoms with Gasteiger partial charge >= 0.3 is 0 Å². The van der Waals surface area contributed by atoms with Gasteiger partial charge in [-0.1, -0.05) is 41.6 Å². The molecule has 0 bridgehead atoms. The summed E-state index contributed by atoms with van der Waals surface area (Å²) in [6.07, 6.45) is 6.49. The number of nitrogens with one attached hydrogen (secondary N) is 1. The van der Waals surface area contributed by atoms with Crippen LogP contribution in [-0.4, -0.2) is 7.11 Å². The fourth-order valence-electron chi connectivity index (χ4n) is 2.78. The van der Waals surface area contributed by atoms with Crippen molar-refractivity contribution < 1.29 is 4.74 Å². The maximum atomic E-state index is 5.73. The molecule has 0 aliphatic heterocycles. The molecule has 4 heteroatoms. The third-order valence-corrected chi connectivity index (χ3v) is 4.55. The van der Waals surface area contributed by atoms with Crippen molar-refractivity contribution in [3.05, 3.63) is 28.2 Å². The number of methoxy groups -OCH3 is 1. The Kier molecular flexibility index (Phi) is 5.03. The van der Waals surface area contributed by atoms with E-state index in [1.807, 2.05) is 12.1 Å². The fraction of sp³-hybridized carbons (Fsp3) is 0.571. The van der Waals surface area contributed by atoms with E-state index >= 15 is 0 Å². The average molecular weight is 313 g/mol. The van der Waals surface area contributed by atoms with Crippen LogP contribution in [0.4, 0.5) is 0 Å². The van der Waals surface area contributed by atoms with E-state index in [0.29, 0.717) is 0 Å². The molecule has 0 spiro atoms. The van der Waals surface area contributed by atoms with E-state index in [0.717, 1.165) is 22.6 Å². The van der Waals surface area contributed by atoms with Crippen LogP contribution in [0.15, 0.2) is 22.7 Å². The molecule has 3 nitrogen and oxygen atoms in total. The molecule has 2 rings (SSSR count). The highest BCUT2D eigenvalue weighted by Crippen LogP contribution is 2.36. The Morgan fingerprint density at radius 3 is 2.78 bits per heavy atom. The fourth-order valence-corrected chi connectivity index (χ4v) is 3.30. The summed E-state index contributed by atoms with van der Waals surface area (Å²) in [5.41, 5.74) is 4.14. The van der Waals surface area contributed by atoms with Crippen LogP contribution in [0, 0.1) is 5.92 Å². The van der Waals surface area contributed by atoms with Gasteiger partial charge in [0.25, 0.3) is 0 Å². The lowest BCUT2D eigenvalue weighted by molar-refractivity contribution is 0.392. The molecule has 1 saturated carbocycles. The number of halogens is 1. The van der Waals surface area contributed by atoms with Crippen molar-refractivity contribution in [1.82, 2.24) is 5.43 Å². The molecule has 0 heterocycles. The number of hydrogen-bond donors (Lipinski definition) is 2. The minimum Gasteiger partial charge on any atom is -0.497 e. The number of ether oxygens (including phenoxy) is 1. The standard InChI is InChI=1S/C14H21BrN2O/c1-18-11-6-7-13(15)12(9-11)14(17-16)8-10-4-2-3-5-10/h6-7,9-10,14,17H,2-5,8,16H2,1H3. The van der Waals surface area contributed by atoms with Gasteiger partial charge in [0, 0.05) is 10.5 Å². The van der Waals surface area contributed by atoms with Crippen molar-refractivity contribution in [2.75, 3.05) is 7.11 Å². The van der Waals surface area contributed by atoms with E-state index in [9.17, 15) is 0 Å². The third kappa shape index (κ3) is 3.25. The van der Waals surface area contributed by atoms with E-state index in [-0.39, 0.29) is 6.04 Å². The van der Waals surface area contributed by atoms with Crippen LogP contribution in [0.2, 0.25) is 0 Å². The zero-order valence-corrected chi connectivity index (χ0v) is 12.4. The summed E-state index contributed by atoms with van der Waals surface area (Å²) in [4.78, 5) is 0. The summed E-state index contributed by atoms with van der Waals surface area (Å²) in [5, 5.41) is 0. The summed E-state index contributed by atoms with van der Waals surface area (Å²) in [6, 6.07) is 6.23. The maximum Gasteiger partial charge on any atom is 0.119 e. The molecule has 1 unspecified atom stereocenters. The first-order chi connectivity index (χ1) is 8.74. The zero-order chi connectivity index (χ0) is 13.0. The van der Waals surface area contributed by atoms with Crippen LogP contribution in [0.1, 0.15) is 43.7 Å². The Bertz CT molecular complexity index is 391. The Balaban J connectivity index is 2.14. The lowest BCUT2D eigenvalue weighted by Crippen LogP contribution is -2.29. The molecule has 0 aromatic heterocycles. The Morgan fingerprint density at radius 1 is 1.44 bits per heavy atom. The second-order valence-electron chi connectivity index (χ2n) is 4.99. The van der Waals surface area contributed by atoms with Crippen LogP contribution in [-0.2, 0) is 0 Å². The zero-order valence-electron chi connectivity index (χ0n) is 10.8. The van der Waals surface area contributed by atoms with E-state index in [2.05, 4.69) is 27.4 Å². The Morgan fingerprint density at radius 2 is 2.17 bits per heavy atom. The Labute approximate surface area is 117 Å². The first kappa shape index (κ1) is 13.8. The van der Waals surface area contributed by atoms with Gasteiger partial charge in [0.2, 0.25) is 0 Å². The molecular weight excluding hydrogens is 292 g/mol. The maximum absolute atomic E-state index is 5.73. The summed E-state index contributed by atoms with van der Waals surface area (Å²) < 4.78 is 6.37. The number of hydrazine groups is 1. The van der Waals surface area contributed by atoms with Crippen molar-refractivity contribution in [2.24, 2.45) is 11.8 Å². The molecule has 18 heavy (non-hydrogen) atoms. The monoisotopic (exact) mass is 312 g/mol. The van der Waals surface area contributed by atoms with Gasteiger partial charge in [-0.3, -0.25) is 11.3 Å². The second kappa shape index (κ2) is 6.55. The normalized spacial score (nSPS) is 17.9. The highest BCUT2D eigenvalue weighted by atomic mass is 79.9. The second-order valence-corrected chi connectivity index (χ2v) is 5.85. The van der Waals surface area contributed by atoms with Gasteiger partial charge in [-0.25, -0.2) is 0 Å². The van der Waals surface area contributed by atoms with Gasteiger partial charge in [0.1, 0.15) is 5.75 Å². The summed E-state index contributed by atoms with van der Waals surface area (Å²) in [6.45, 7) is 0. The minimum absolute atomic E-state index is 0.192. The molecular formula is C14H21BrN2O. The topological polar surface area (TPSA) is 47.3 Å². The molecule has 1 aliphatic rings. The quantitative estimate of drug-likeness (QED) is 0.645. The lowest BCUT2D eigenvalue weighted by atomic mass is 9.94. The molecule has 1 aromatic carbocycles. The van der Waals surface area contributed by atoms with Gasteiger partial charge in [0.15, 0.2) is 0 Å². The van der Waals surface area contributed by atoms with Crippen molar-refractivity contribution in [1.29, 1.82) is 0 Å². The van der Waals surface area contributed by atoms with Gasteiger partial charge in [-0.15, -0.1) is 0 Å². The summed E-state index contributed by atoms with van der Waals surface area (Å²) in [7, 11) is 1.69. The predicted octanol–water partition coefficient (Wildman–Crippen LogP) is 3.54. The van der Waals surface area contributed by atoms with Gasteiger partial charge < -0.3 is 4.74 Å².